The van der Waals surface area contributed by atoms with Crippen molar-refractivity contribution < 1.29 is 89.4 Å². The van der Waals surface area contributed by atoms with Gasteiger partial charge in [0.1, 0.15) is 73.2 Å². The topological polar surface area (TPSA) is 307 Å². The summed E-state index contributed by atoms with van der Waals surface area (Å²) in [4.78, 5) is 13.3. The van der Waals surface area contributed by atoms with E-state index in [4.69, 9.17) is 28.4 Å². The Balaban J connectivity index is 1.45. The molecule has 78 heavy (non-hydrogen) atoms. The Morgan fingerprint density at radius 1 is 0.410 bits per heavy atom. The zero-order chi connectivity index (χ0) is 56.9. The molecule has 17 unspecified atom stereocenters. The average Bonchev–Trinajstić information content (AvgIpc) is 3.46. The molecule has 0 bridgehead atoms. The van der Waals surface area contributed by atoms with Crippen molar-refractivity contribution in [3.8, 4) is 0 Å². The van der Waals surface area contributed by atoms with E-state index in [-0.39, 0.29) is 18.9 Å². The van der Waals surface area contributed by atoms with Gasteiger partial charge in [-0.2, -0.15) is 0 Å². The number of carbonyl (C=O) groups excluding carboxylic acids is 1. The van der Waals surface area contributed by atoms with E-state index in [0.29, 0.717) is 12.8 Å². The first-order valence-corrected chi connectivity index (χ1v) is 31.3. The van der Waals surface area contributed by atoms with Gasteiger partial charge in [0.2, 0.25) is 5.91 Å². The molecule has 3 rings (SSSR count). The monoisotopic (exact) mass is 1120 g/mol. The molecule has 3 heterocycles. The van der Waals surface area contributed by atoms with Crippen LogP contribution in [0.3, 0.4) is 0 Å². The summed E-state index contributed by atoms with van der Waals surface area (Å²) in [6.45, 7) is 1.80. The molecule has 3 saturated heterocycles. The number of hydrogen-bond donors (Lipinski definition) is 12. The first-order valence-electron chi connectivity index (χ1n) is 31.3. The molecule has 0 saturated carbocycles. The molecule has 3 aliphatic rings. The standard InChI is InChI=1S/C59H113NO18/c1-3-5-7-9-11-13-15-17-18-19-20-21-22-23-24-25-27-29-31-33-35-37-47(65)60-42(43(64)36-34-32-30-28-26-16-14-12-10-8-6-4-2)41-73-57-53(71)50(68)55(45(39-62)75-57)78-59-54(72)51(69)56(46(40-63)76-59)77-58-52(70)49(67)48(66)44(38-61)74-58/h42-46,48-59,61-64,66-72H,3-41H2,1-2H3,(H,60,65). The predicted molar refractivity (Wildman–Crippen MR) is 296 cm³/mol. The third kappa shape index (κ3) is 27.0. The van der Waals surface area contributed by atoms with Crippen LogP contribution in [0, 0.1) is 0 Å². The van der Waals surface area contributed by atoms with Crippen LogP contribution in [-0.4, -0.2) is 193 Å². The number of hydrogen-bond acceptors (Lipinski definition) is 18. The molecule has 3 fully saturated rings. The van der Waals surface area contributed by atoms with Crippen molar-refractivity contribution in [3.63, 3.8) is 0 Å². The van der Waals surface area contributed by atoms with Crippen LogP contribution in [0.2, 0.25) is 0 Å². The van der Waals surface area contributed by atoms with E-state index in [2.05, 4.69) is 19.2 Å². The predicted octanol–water partition coefficient (Wildman–Crippen LogP) is 5.99. The van der Waals surface area contributed by atoms with Gasteiger partial charge in [0.25, 0.3) is 0 Å². The molecule has 3 aliphatic heterocycles. The first-order chi connectivity index (χ1) is 37.8. The molecule has 0 aromatic heterocycles. The molecular weight excluding hydrogens is 1010 g/mol. The lowest BCUT2D eigenvalue weighted by atomic mass is 9.96. The van der Waals surface area contributed by atoms with Crippen LogP contribution in [0.15, 0.2) is 0 Å². The molecule has 0 aromatic carbocycles. The van der Waals surface area contributed by atoms with Crippen molar-refractivity contribution in [3.05, 3.63) is 0 Å². The number of aliphatic hydroxyl groups excluding tert-OH is 11. The van der Waals surface area contributed by atoms with Gasteiger partial charge in [0.05, 0.1) is 38.6 Å². The Morgan fingerprint density at radius 2 is 0.731 bits per heavy atom. The van der Waals surface area contributed by atoms with Crippen LogP contribution < -0.4 is 5.32 Å². The van der Waals surface area contributed by atoms with Gasteiger partial charge in [-0.3, -0.25) is 4.79 Å². The minimum atomic E-state index is -1.97. The van der Waals surface area contributed by atoms with E-state index < -0.39 is 124 Å². The highest BCUT2D eigenvalue weighted by atomic mass is 16.8. The summed E-state index contributed by atoms with van der Waals surface area (Å²) in [6, 6.07) is -0.879. The second-order valence-electron chi connectivity index (χ2n) is 22.9. The Hall–Kier alpha value is -1.21. The summed E-state index contributed by atoms with van der Waals surface area (Å²) in [7, 11) is 0. The van der Waals surface area contributed by atoms with Crippen LogP contribution >= 0.6 is 0 Å². The molecular formula is C59H113NO18. The quantitative estimate of drug-likeness (QED) is 0.0312. The fraction of sp³-hybridized carbons (Fsp3) is 0.983. The molecule has 1 amide bonds. The number of ether oxygens (including phenoxy) is 6. The third-order valence-corrected chi connectivity index (χ3v) is 16.2. The average molecular weight is 1120 g/mol. The van der Waals surface area contributed by atoms with E-state index >= 15 is 0 Å². The van der Waals surface area contributed by atoms with Gasteiger partial charge in [-0.1, -0.05) is 219 Å². The van der Waals surface area contributed by atoms with Gasteiger partial charge in [-0.25, -0.2) is 0 Å². The summed E-state index contributed by atoms with van der Waals surface area (Å²) in [5, 5.41) is 120. The molecule has 0 spiro atoms. The van der Waals surface area contributed by atoms with E-state index in [0.717, 1.165) is 44.9 Å². The van der Waals surface area contributed by atoms with Crippen LogP contribution in [0.5, 0.6) is 0 Å². The smallest absolute Gasteiger partial charge is 0.220 e. The summed E-state index contributed by atoms with van der Waals surface area (Å²) in [6.07, 6.45) is 14.8. The van der Waals surface area contributed by atoms with Crippen molar-refractivity contribution in [2.45, 2.75) is 343 Å². The Bertz CT molecular complexity index is 1440. The van der Waals surface area contributed by atoms with Crippen molar-refractivity contribution in [1.29, 1.82) is 0 Å². The van der Waals surface area contributed by atoms with Gasteiger partial charge < -0.3 is 89.9 Å². The van der Waals surface area contributed by atoms with Gasteiger partial charge in [-0.05, 0) is 12.8 Å². The number of rotatable bonds is 47. The molecule has 12 N–H and O–H groups in total. The maximum atomic E-state index is 13.3. The number of unbranched alkanes of at least 4 members (excludes halogenated alkanes) is 31. The minimum Gasteiger partial charge on any atom is -0.394 e. The lowest BCUT2D eigenvalue weighted by Gasteiger charge is -2.48. The molecule has 0 aromatic rings. The highest BCUT2D eigenvalue weighted by molar-refractivity contribution is 5.76. The highest BCUT2D eigenvalue weighted by Gasteiger charge is 2.53. The number of amides is 1. The fourth-order valence-electron chi connectivity index (χ4n) is 11.0. The summed E-state index contributed by atoms with van der Waals surface area (Å²) in [5.41, 5.74) is 0. The largest absolute Gasteiger partial charge is 0.394 e. The molecule has 0 aliphatic carbocycles. The van der Waals surface area contributed by atoms with Crippen molar-refractivity contribution >= 4 is 5.91 Å². The summed E-state index contributed by atoms with van der Waals surface area (Å²) >= 11 is 0. The molecule has 19 nitrogen and oxygen atoms in total. The molecule has 462 valence electrons. The second kappa shape index (κ2) is 43.4. The number of aliphatic hydroxyl groups is 11. The maximum Gasteiger partial charge on any atom is 0.220 e. The van der Waals surface area contributed by atoms with E-state index in [9.17, 15) is 61.0 Å². The maximum absolute atomic E-state index is 13.3. The Labute approximate surface area is 468 Å². The van der Waals surface area contributed by atoms with Crippen LogP contribution in [0.4, 0.5) is 0 Å². The minimum absolute atomic E-state index is 0.239. The van der Waals surface area contributed by atoms with Crippen molar-refractivity contribution in [2.24, 2.45) is 0 Å². The zero-order valence-corrected chi connectivity index (χ0v) is 48.2. The molecule has 17 atom stereocenters. The fourth-order valence-corrected chi connectivity index (χ4v) is 11.0. The van der Waals surface area contributed by atoms with Crippen molar-refractivity contribution in [1.82, 2.24) is 5.32 Å². The van der Waals surface area contributed by atoms with E-state index in [1.54, 1.807) is 0 Å². The van der Waals surface area contributed by atoms with Gasteiger partial charge in [-0.15, -0.1) is 0 Å². The molecule has 0 radical (unpaired) electrons. The molecule has 19 heteroatoms. The van der Waals surface area contributed by atoms with Gasteiger partial charge >= 0.3 is 0 Å². The van der Waals surface area contributed by atoms with E-state index in [1.165, 1.54) is 161 Å². The third-order valence-electron chi connectivity index (χ3n) is 16.2. The lowest BCUT2D eigenvalue weighted by molar-refractivity contribution is -0.379. The zero-order valence-electron chi connectivity index (χ0n) is 48.2. The van der Waals surface area contributed by atoms with Gasteiger partial charge in [0, 0.05) is 6.42 Å². The summed E-state index contributed by atoms with van der Waals surface area (Å²) in [5.74, 6) is -0.239. The Morgan fingerprint density at radius 3 is 1.12 bits per heavy atom. The van der Waals surface area contributed by atoms with Crippen LogP contribution in [0.1, 0.15) is 239 Å². The van der Waals surface area contributed by atoms with Crippen LogP contribution in [-0.2, 0) is 33.2 Å². The second-order valence-corrected chi connectivity index (χ2v) is 22.9. The summed E-state index contributed by atoms with van der Waals surface area (Å²) < 4.78 is 34.3. The normalized spacial score (nSPS) is 30.4. The highest BCUT2D eigenvalue weighted by Crippen LogP contribution is 2.33. The first kappa shape index (κ1) is 71.1. The number of nitrogens with one attached hydrogen (secondary N) is 1. The van der Waals surface area contributed by atoms with Crippen LogP contribution in [0.25, 0.3) is 0 Å². The van der Waals surface area contributed by atoms with E-state index in [1.807, 2.05) is 0 Å². The lowest BCUT2D eigenvalue weighted by Crippen LogP contribution is -2.66. The Kier molecular flexibility index (Phi) is 39.6. The van der Waals surface area contributed by atoms with Gasteiger partial charge in [0.15, 0.2) is 18.9 Å². The number of carbonyl (C=O) groups is 1. The van der Waals surface area contributed by atoms with Crippen molar-refractivity contribution in [2.75, 3.05) is 26.4 Å². The SMILES string of the molecule is CCCCCCCCCCCCCCCCCCCCCCCC(=O)NC(COC1OC(CO)C(OC2OC(CO)C(OC3OC(CO)C(O)C(O)C3O)C(O)C2O)C(O)C1O)C(O)CCCCCCCCCCCCCC.